The van der Waals surface area contributed by atoms with Crippen molar-refractivity contribution in [3.63, 3.8) is 0 Å². The molecular formula is C13H9Cl2FN4S. The molecule has 0 radical (unpaired) electrons. The van der Waals surface area contributed by atoms with Crippen molar-refractivity contribution in [3.8, 4) is 11.3 Å². The molecule has 0 aliphatic heterocycles. The van der Waals surface area contributed by atoms with Crippen LogP contribution in [-0.2, 0) is 0 Å². The Morgan fingerprint density at radius 3 is 2.57 bits per heavy atom. The molecule has 0 bridgehead atoms. The normalized spacial score (nSPS) is 11.1. The summed E-state index contributed by atoms with van der Waals surface area (Å²) in [5, 5.41) is 1.10. The van der Waals surface area contributed by atoms with Crippen LogP contribution in [0.3, 0.4) is 0 Å². The minimum Gasteiger partial charge on any atom is -0.354 e. The van der Waals surface area contributed by atoms with Gasteiger partial charge in [0.05, 0.1) is 5.69 Å². The summed E-state index contributed by atoms with van der Waals surface area (Å²) >= 11 is 13.1. The van der Waals surface area contributed by atoms with E-state index in [1.807, 2.05) is 19.0 Å². The molecule has 0 amide bonds. The molecule has 8 heteroatoms. The van der Waals surface area contributed by atoms with E-state index in [0.29, 0.717) is 26.6 Å². The fourth-order valence-electron chi connectivity index (χ4n) is 1.84. The second-order valence-electron chi connectivity index (χ2n) is 4.51. The number of aromatic nitrogens is 3. The van der Waals surface area contributed by atoms with E-state index in [2.05, 4.69) is 15.0 Å². The van der Waals surface area contributed by atoms with Crippen molar-refractivity contribution in [1.29, 1.82) is 0 Å². The highest BCUT2D eigenvalue weighted by atomic mass is 35.5. The molecular weight excluding hydrogens is 334 g/mol. The van der Waals surface area contributed by atoms with E-state index in [0.717, 1.165) is 5.13 Å². The van der Waals surface area contributed by atoms with Crippen molar-refractivity contribution in [2.45, 2.75) is 0 Å². The van der Waals surface area contributed by atoms with Gasteiger partial charge < -0.3 is 4.90 Å². The van der Waals surface area contributed by atoms with Crippen molar-refractivity contribution in [3.05, 3.63) is 34.3 Å². The first-order chi connectivity index (χ1) is 9.95. The maximum Gasteiger partial charge on any atom is 0.225 e. The van der Waals surface area contributed by atoms with E-state index in [1.165, 1.54) is 17.4 Å². The van der Waals surface area contributed by atoms with E-state index in [-0.39, 0.29) is 5.28 Å². The van der Waals surface area contributed by atoms with Crippen molar-refractivity contribution in [1.82, 2.24) is 15.0 Å². The fourth-order valence-corrected chi connectivity index (χ4v) is 3.10. The van der Waals surface area contributed by atoms with Gasteiger partial charge in [0.2, 0.25) is 5.28 Å². The molecule has 0 aliphatic carbocycles. The monoisotopic (exact) mass is 342 g/mol. The second kappa shape index (κ2) is 5.36. The van der Waals surface area contributed by atoms with E-state index in [4.69, 9.17) is 23.2 Å². The summed E-state index contributed by atoms with van der Waals surface area (Å²) in [5.74, 6) is -0.460. The first kappa shape index (κ1) is 14.4. The topological polar surface area (TPSA) is 41.9 Å². The summed E-state index contributed by atoms with van der Waals surface area (Å²) in [5.41, 5.74) is 1.19. The number of hydrogen-bond acceptors (Lipinski definition) is 5. The van der Waals surface area contributed by atoms with Gasteiger partial charge >= 0.3 is 0 Å². The van der Waals surface area contributed by atoms with Crippen molar-refractivity contribution < 1.29 is 4.39 Å². The third-order valence-electron chi connectivity index (χ3n) is 2.78. The number of rotatable bonds is 2. The SMILES string of the molecule is CN(C)c1nc2nc(Cl)nc(-c3ccc(Cl)cc3F)c2s1. The van der Waals surface area contributed by atoms with Crippen molar-refractivity contribution >= 4 is 50.0 Å². The van der Waals surface area contributed by atoms with Gasteiger partial charge in [-0.3, -0.25) is 0 Å². The Morgan fingerprint density at radius 1 is 1.14 bits per heavy atom. The summed E-state index contributed by atoms with van der Waals surface area (Å²) in [6.07, 6.45) is 0. The molecule has 0 spiro atoms. The highest BCUT2D eigenvalue weighted by Crippen LogP contribution is 2.36. The first-order valence-corrected chi connectivity index (χ1v) is 7.50. The standard InChI is InChI=1S/C13H9Cl2FN4S/c1-20(2)13-19-11-10(21-13)9(17-12(15)18-11)7-4-3-6(14)5-8(7)16/h3-5H,1-2H3. The number of hydrogen-bond donors (Lipinski definition) is 0. The molecule has 0 unspecified atom stereocenters. The highest BCUT2D eigenvalue weighted by Gasteiger charge is 2.17. The van der Waals surface area contributed by atoms with Crippen LogP contribution in [0.5, 0.6) is 0 Å². The maximum absolute atomic E-state index is 14.1. The van der Waals surface area contributed by atoms with Gasteiger partial charge in [-0.25, -0.2) is 9.37 Å². The van der Waals surface area contributed by atoms with E-state index >= 15 is 0 Å². The summed E-state index contributed by atoms with van der Waals surface area (Å²) in [6.45, 7) is 0. The Kier molecular flexibility index (Phi) is 3.69. The van der Waals surface area contributed by atoms with Crippen LogP contribution >= 0.6 is 34.5 Å². The number of thiazole rings is 1. The lowest BCUT2D eigenvalue weighted by molar-refractivity contribution is 0.631. The smallest absolute Gasteiger partial charge is 0.225 e. The van der Waals surface area contributed by atoms with Crippen LogP contribution < -0.4 is 4.90 Å². The molecule has 4 nitrogen and oxygen atoms in total. The third kappa shape index (κ3) is 2.66. The Labute approximate surface area is 134 Å². The lowest BCUT2D eigenvalue weighted by Gasteiger charge is -2.05. The maximum atomic E-state index is 14.1. The molecule has 3 aromatic rings. The first-order valence-electron chi connectivity index (χ1n) is 5.92. The molecule has 0 fully saturated rings. The Bertz CT molecular complexity index is 834. The van der Waals surface area contributed by atoms with Gasteiger partial charge in [0.15, 0.2) is 10.8 Å². The Morgan fingerprint density at radius 2 is 1.90 bits per heavy atom. The molecule has 1 aromatic carbocycles. The summed E-state index contributed by atoms with van der Waals surface area (Å²) in [7, 11) is 3.74. The molecule has 2 aromatic heterocycles. The van der Waals surface area contributed by atoms with Crippen LogP contribution in [0, 0.1) is 5.82 Å². The average molecular weight is 343 g/mol. The van der Waals surface area contributed by atoms with Gasteiger partial charge in [-0.2, -0.15) is 9.97 Å². The number of fused-ring (bicyclic) bond motifs is 1. The minimum absolute atomic E-state index is 0.0301. The van der Waals surface area contributed by atoms with E-state index in [1.54, 1.807) is 12.1 Å². The van der Waals surface area contributed by atoms with Gasteiger partial charge in [-0.15, -0.1) is 0 Å². The fraction of sp³-hybridized carbons (Fsp3) is 0.154. The molecule has 0 saturated heterocycles. The predicted octanol–water partition coefficient (Wildman–Crippen LogP) is 4.27. The molecule has 0 atom stereocenters. The number of anilines is 1. The lowest BCUT2D eigenvalue weighted by atomic mass is 10.1. The largest absolute Gasteiger partial charge is 0.354 e. The van der Waals surface area contributed by atoms with Gasteiger partial charge in [0, 0.05) is 24.7 Å². The Balaban J connectivity index is 2.30. The zero-order valence-corrected chi connectivity index (χ0v) is 13.4. The van der Waals surface area contributed by atoms with Crippen LogP contribution in [0.1, 0.15) is 0 Å². The van der Waals surface area contributed by atoms with Crippen LogP contribution in [0.4, 0.5) is 9.52 Å². The molecule has 21 heavy (non-hydrogen) atoms. The number of nitrogens with zero attached hydrogens (tertiary/aromatic N) is 4. The average Bonchev–Trinajstić information content (AvgIpc) is 2.82. The summed E-state index contributed by atoms with van der Waals surface area (Å²) in [4.78, 5) is 14.5. The van der Waals surface area contributed by atoms with Gasteiger partial charge in [0.25, 0.3) is 0 Å². The molecule has 108 valence electrons. The molecule has 2 heterocycles. The quantitative estimate of drug-likeness (QED) is 0.652. The molecule has 0 N–H and O–H groups in total. The van der Waals surface area contributed by atoms with Gasteiger partial charge in [-0.1, -0.05) is 22.9 Å². The van der Waals surface area contributed by atoms with Crippen LogP contribution in [-0.4, -0.2) is 29.0 Å². The minimum atomic E-state index is -0.460. The molecule has 3 rings (SSSR count). The van der Waals surface area contributed by atoms with Crippen LogP contribution in [0.25, 0.3) is 21.6 Å². The summed E-state index contributed by atoms with van der Waals surface area (Å²) < 4.78 is 14.8. The van der Waals surface area contributed by atoms with Crippen LogP contribution in [0.15, 0.2) is 18.2 Å². The lowest BCUT2D eigenvalue weighted by Crippen LogP contribution is -2.07. The third-order valence-corrected chi connectivity index (χ3v) is 4.41. The highest BCUT2D eigenvalue weighted by molar-refractivity contribution is 7.22. The van der Waals surface area contributed by atoms with Crippen molar-refractivity contribution in [2.24, 2.45) is 0 Å². The molecule has 0 saturated carbocycles. The van der Waals surface area contributed by atoms with Crippen LogP contribution in [0.2, 0.25) is 10.3 Å². The predicted molar refractivity (Wildman–Crippen MR) is 85.0 cm³/mol. The van der Waals surface area contributed by atoms with Crippen molar-refractivity contribution in [2.75, 3.05) is 19.0 Å². The summed E-state index contributed by atoms with van der Waals surface area (Å²) in [6, 6.07) is 4.42. The number of benzene rings is 1. The number of halogens is 3. The zero-order chi connectivity index (χ0) is 15.1. The van der Waals surface area contributed by atoms with Gasteiger partial charge in [-0.05, 0) is 29.8 Å². The second-order valence-corrected chi connectivity index (χ2v) is 6.26. The Hall–Kier alpha value is -1.50. The van der Waals surface area contributed by atoms with E-state index < -0.39 is 5.82 Å². The zero-order valence-electron chi connectivity index (χ0n) is 11.1. The van der Waals surface area contributed by atoms with E-state index in [9.17, 15) is 4.39 Å². The van der Waals surface area contributed by atoms with Gasteiger partial charge in [0.1, 0.15) is 10.5 Å². The molecule has 0 aliphatic rings.